The van der Waals surface area contributed by atoms with Crippen LogP contribution in [0.5, 0.6) is 0 Å². The Morgan fingerprint density at radius 2 is 1.06 bits per heavy atom. The van der Waals surface area contributed by atoms with Gasteiger partial charge in [-0.3, -0.25) is 4.79 Å². The Morgan fingerprint density at radius 3 is 1.06 bits per heavy atom. The van der Waals surface area contributed by atoms with Crippen LogP contribution >= 0.6 is 0 Å². The minimum Gasteiger partial charge on any atom is -0.671 e. The summed E-state index contributed by atoms with van der Waals surface area (Å²) in [6, 6.07) is 0. The zero-order valence-corrected chi connectivity index (χ0v) is 11.0. The monoisotopic (exact) mass is 431 g/mol. The van der Waals surface area contributed by atoms with Crippen LogP contribution in [0, 0.1) is 0 Å². The molecule has 0 saturated heterocycles. The van der Waals surface area contributed by atoms with Crippen LogP contribution in [-0.4, -0.2) is 52.1 Å². The second kappa shape index (κ2) is 17.1. The van der Waals surface area contributed by atoms with Crippen molar-refractivity contribution in [2.75, 3.05) is 13.1 Å². The van der Waals surface area contributed by atoms with Crippen molar-refractivity contribution in [3.8, 4) is 0 Å². The van der Waals surface area contributed by atoms with E-state index >= 15 is 0 Å². The molecule has 0 bridgehead atoms. The topological polar surface area (TPSA) is 177 Å². The molecule has 0 aliphatic heterocycles. The smallest absolute Gasteiger partial charge is 0.671 e. The van der Waals surface area contributed by atoms with Gasteiger partial charge in [0, 0.05) is 0 Å². The SMILES string of the molecule is CC(=O)C[NH-].O=C(O)C(=O)O.[NH-]CC(=O)O.[Pt+2]. The summed E-state index contributed by atoms with van der Waals surface area (Å²) < 4.78 is 0. The molecule has 0 saturated carbocycles. The minimum atomic E-state index is -1.82. The van der Waals surface area contributed by atoms with E-state index in [1.807, 2.05) is 0 Å². The molecule has 0 spiro atoms. The number of hydrogen-bond donors (Lipinski definition) is 3. The fourth-order valence-electron chi connectivity index (χ4n) is 0. The number of carbonyl (C=O) groups is 4. The second-order valence-corrected chi connectivity index (χ2v) is 2.06. The average molecular weight is 431 g/mol. The number of ketones is 1. The van der Waals surface area contributed by atoms with Crippen molar-refractivity contribution in [3.63, 3.8) is 0 Å². The van der Waals surface area contributed by atoms with Crippen molar-refractivity contribution in [3.05, 3.63) is 11.5 Å². The summed E-state index contributed by atoms with van der Waals surface area (Å²) in [5.41, 5.74) is 12.4. The summed E-state index contributed by atoms with van der Waals surface area (Å²) in [6.45, 7) is 0.785. The van der Waals surface area contributed by atoms with E-state index in [-0.39, 0.29) is 33.4 Å². The molecule has 0 fully saturated rings. The molecule has 102 valence electrons. The third-order valence-corrected chi connectivity index (χ3v) is 0.583. The van der Waals surface area contributed by atoms with Crippen LogP contribution in [0.3, 0.4) is 0 Å². The van der Waals surface area contributed by atoms with E-state index in [2.05, 4.69) is 0 Å². The Labute approximate surface area is 111 Å². The van der Waals surface area contributed by atoms with Crippen molar-refractivity contribution in [2.24, 2.45) is 0 Å². The predicted molar refractivity (Wildman–Crippen MR) is 52.0 cm³/mol. The molecule has 0 atom stereocenters. The van der Waals surface area contributed by atoms with Crippen LogP contribution in [0.2, 0.25) is 0 Å². The zero-order chi connectivity index (χ0) is 13.7. The molecule has 9 nitrogen and oxygen atoms in total. The van der Waals surface area contributed by atoms with E-state index in [0.29, 0.717) is 0 Å². The van der Waals surface area contributed by atoms with Gasteiger partial charge in [-0.25, -0.2) is 9.59 Å². The van der Waals surface area contributed by atoms with Gasteiger partial charge in [-0.2, -0.15) is 0 Å². The molecule has 0 aliphatic rings. The van der Waals surface area contributed by atoms with Gasteiger partial charge in [-0.15, -0.1) is 0 Å². The van der Waals surface area contributed by atoms with E-state index in [4.69, 9.17) is 36.4 Å². The van der Waals surface area contributed by atoms with Crippen molar-refractivity contribution in [1.82, 2.24) is 0 Å². The Morgan fingerprint density at radius 1 is 0.882 bits per heavy atom. The molecule has 17 heavy (non-hydrogen) atoms. The van der Waals surface area contributed by atoms with Crippen molar-refractivity contribution in [2.45, 2.75) is 6.92 Å². The second-order valence-electron chi connectivity index (χ2n) is 2.06. The fraction of sp³-hybridized carbons (Fsp3) is 0.429. The van der Waals surface area contributed by atoms with Gasteiger partial charge in [-0.05, 0) is 6.92 Å². The van der Waals surface area contributed by atoms with E-state index in [9.17, 15) is 9.59 Å². The maximum atomic E-state index is 9.62. The Balaban J connectivity index is -0.0000000729. The normalized spacial score (nSPS) is 7.00. The minimum absolute atomic E-state index is 0. The molecule has 0 radical (unpaired) electrons. The number of Topliss-reactive ketones (excluding diaryl/α,β-unsaturated/α-hetero) is 1. The van der Waals surface area contributed by atoms with Crippen LogP contribution in [0.15, 0.2) is 0 Å². The number of aliphatic carboxylic acids is 3. The van der Waals surface area contributed by atoms with Crippen molar-refractivity contribution in [1.29, 1.82) is 0 Å². The number of hydrogen-bond acceptors (Lipinski definition) is 4. The molecule has 0 aromatic carbocycles. The molecular formula is C7H12N2O7Pt. The molecule has 0 aliphatic carbocycles. The van der Waals surface area contributed by atoms with Gasteiger partial charge < -0.3 is 31.6 Å². The third kappa shape index (κ3) is 52.9. The number of carboxylic acids is 3. The first-order valence-corrected chi connectivity index (χ1v) is 3.65. The van der Waals surface area contributed by atoms with Crippen molar-refractivity contribution < 1.29 is 55.6 Å². The van der Waals surface area contributed by atoms with Crippen LogP contribution in [0.4, 0.5) is 0 Å². The van der Waals surface area contributed by atoms with E-state index in [0.717, 1.165) is 0 Å². The summed E-state index contributed by atoms with van der Waals surface area (Å²) in [4.78, 5) is 37.0. The van der Waals surface area contributed by atoms with Gasteiger partial charge in [0.05, 0.1) is 0 Å². The van der Waals surface area contributed by atoms with E-state index < -0.39 is 24.5 Å². The summed E-state index contributed by atoms with van der Waals surface area (Å²) in [5.74, 6) is -4.81. The number of carboxylic acid groups (broad SMARTS) is 3. The predicted octanol–water partition coefficient (Wildman–Crippen LogP) is -0.0961. The van der Waals surface area contributed by atoms with Gasteiger partial charge in [0.1, 0.15) is 5.78 Å². The average Bonchev–Trinajstić information content (AvgIpc) is 2.19. The third-order valence-electron chi connectivity index (χ3n) is 0.583. The maximum absolute atomic E-state index is 9.62. The van der Waals surface area contributed by atoms with E-state index in [1.54, 1.807) is 0 Å². The molecular weight excluding hydrogens is 419 g/mol. The zero-order valence-electron chi connectivity index (χ0n) is 8.71. The summed E-state index contributed by atoms with van der Waals surface area (Å²) in [7, 11) is 0. The molecule has 0 aromatic rings. The number of carbonyl (C=O) groups excluding carboxylic acids is 1. The first kappa shape index (κ1) is 24.8. The molecule has 0 rings (SSSR count). The van der Waals surface area contributed by atoms with Crippen molar-refractivity contribution >= 4 is 23.7 Å². The fourth-order valence-corrected chi connectivity index (χ4v) is 0. The standard InChI is InChI=1S/C3H6NO.C2H4NO2.C2H2O4.Pt/c1-3(5)2-4;3-1-2(4)5;3-1(4)2(5)6;/h4H,2H2,1H3;3H,1H2,(H,4,5);(H,3,4)(H,5,6);/q2*-1;;+2. The van der Waals surface area contributed by atoms with Crippen LogP contribution in [-0.2, 0) is 40.2 Å². The van der Waals surface area contributed by atoms with Gasteiger partial charge >= 0.3 is 33.0 Å². The van der Waals surface area contributed by atoms with Gasteiger partial charge in [0.2, 0.25) is 0 Å². The molecule has 5 N–H and O–H groups in total. The molecule has 0 heterocycles. The Bertz CT molecular complexity index is 231. The first-order valence-electron chi connectivity index (χ1n) is 3.65. The molecule has 0 unspecified atom stereocenters. The summed E-state index contributed by atoms with van der Waals surface area (Å²) in [5, 5.41) is 22.3. The first-order chi connectivity index (χ1) is 7.18. The van der Waals surface area contributed by atoms with Crippen LogP contribution in [0.25, 0.3) is 11.5 Å². The molecule has 10 heteroatoms. The van der Waals surface area contributed by atoms with E-state index in [1.165, 1.54) is 6.92 Å². The summed E-state index contributed by atoms with van der Waals surface area (Å²) >= 11 is 0. The maximum Gasteiger partial charge on any atom is 2.00 e. The van der Waals surface area contributed by atoms with Gasteiger partial charge in [0.15, 0.2) is 0 Å². The molecule has 0 aromatic heterocycles. The van der Waals surface area contributed by atoms with Gasteiger partial charge in [-0.1, -0.05) is 13.1 Å². The van der Waals surface area contributed by atoms with Crippen LogP contribution < -0.4 is 0 Å². The summed E-state index contributed by atoms with van der Waals surface area (Å²) in [6.07, 6.45) is 0. The molecule has 0 amide bonds. The Kier molecular flexibility index (Phi) is 24.9. The van der Waals surface area contributed by atoms with Crippen LogP contribution in [0.1, 0.15) is 6.92 Å². The largest absolute Gasteiger partial charge is 2.00 e. The quantitative estimate of drug-likeness (QED) is 0.511. The number of rotatable bonds is 2. The Hall–Kier alpha value is -1.31. The number of nitrogens with one attached hydrogen (secondary N) is 2. The van der Waals surface area contributed by atoms with Gasteiger partial charge in [0.25, 0.3) is 5.97 Å².